The van der Waals surface area contributed by atoms with Crippen LogP contribution in [-0.4, -0.2) is 165 Å². The summed E-state index contributed by atoms with van der Waals surface area (Å²) in [5, 5.41) is 56.2. The van der Waals surface area contributed by atoms with Gasteiger partial charge in [0.2, 0.25) is 59.1 Å². The third-order valence-electron chi connectivity index (χ3n) is 9.27. The minimum Gasteiger partial charge on any atom is -0.481 e. The van der Waals surface area contributed by atoms with Crippen molar-refractivity contribution < 1.29 is 78.0 Å². The minimum absolute atomic E-state index is 0.269. The number of nitrogens with one attached hydrogen (secondary N) is 8. The Bertz CT molecular complexity index is 1730. The second-order valence-electron chi connectivity index (χ2n) is 15.3. The normalized spacial score (nSPS) is 15.6. The van der Waals surface area contributed by atoms with Crippen molar-refractivity contribution in [1.29, 1.82) is 0 Å². The lowest BCUT2D eigenvalue weighted by atomic mass is 10.0. The van der Waals surface area contributed by atoms with Gasteiger partial charge in [-0.05, 0) is 52.5 Å². The topological polar surface area (TPSA) is 486 Å². The van der Waals surface area contributed by atoms with Gasteiger partial charge >= 0.3 is 11.9 Å². The van der Waals surface area contributed by atoms with Crippen molar-refractivity contribution in [1.82, 2.24) is 42.5 Å². The second kappa shape index (κ2) is 29.0. The summed E-state index contributed by atoms with van der Waals surface area (Å²) in [4.78, 5) is 152. The number of carbonyl (C=O) groups excluding carboxylic acids is 10. The molecule has 0 aliphatic heterocycles. The van der Waals surface area contributed by atoms with Crippen LogP contribution < -0.4 is 65.5 Å². The standard InChI is InChI=1S/C37H64N12O16/c1-15(2)27(35(62)46-21(12-25(41)53)32(59)49-28(18(5)51)36(63)43-17(4)37(64)65)48-33(60)22(13-26(54)55)45-31(58)20(9-10-24(40)52)44-34(61)23(14-50)47-29(56)16(3)42-30(57)19(39)8-6-7-11-38/h15-23,27-28,50-51H,6-14,38-39H2,1-5H3,(H2,40,52)(H2,41,53)(H,42,57)(H,43,63)(H,44,61)(H,45,58)(H,46,62)(H,47,56)(H,48,60)(H,49,59)(H,54,55)(H,64,65)/t16-,17-,18+,19-,20-,21-,22-,23-,27-,28-/m0/s1. The summed E-state index contributed by atoms with van der Waals surface area (Å²) in [5.74, 6) is -15.1. The Kier molecular flexibility index (Phi) is 26.1. The van der Waals surface area contributed by atoms with Crippen molar-refractivity contribution in [3.05, 3.63) is 0 Å². The highest BCUT2D eigenvalue weighted by Gasteiger charge is 2.37. The summed E-state index contributed by atoms with van der Waals surface area (Å²) in [6, 6.07) is -14.6. The first-order valence-electron chi connectivity index (χ1n) is 20.4. The molecule has 10 atom stereocenters. The number of hydrogen-bond acceptors (Lipinski definition) is 16. The molecular formula is C37H64N12O16. The summed E-state index contributed by atoms with van der Waals surface area (Å²) >= 11 is 0. The first-order valence-corrected chi connectivity index (χ1v) is 20.4. The van der Waals surface area contributed by atoms with Crippen molar-refractivity contribution in [2.45, 2.75) is 140 Å². The number of hydrogen-bond donors (Lipinski definition) is 16. The maximum Gasteiger partial charge on any atom is 0.325 e. The van der Waals surface area contributed by atoms with Crippen molar-refractivity contribution in [2.24, 2.45) is 28.9 Å². The van der Waals surface area contributed by atoms with Gasteiger partial charge in [0.1, 0.15) is 48.3 Å². The van der Waals surface area contributed by atoms with E-state index in [1.54, 1.807) is 0 Å². The third-order valence-corrected chi connectivity index (χ3v) is 9.27. The molecule has 368 valence electrons. The van der Waals surface area contributed by atoms with E-state index in [0.29, 0.717) is 19.4 Å². The van der Waals surface area contributed by atoms with Gasteiger partial charge in [-0.1, -0.05) is 20.3 Å². The molecule has 0 fully saturated rings. The summed E-state index contributed by atoms with van der Waals surface area (Å²) in [5.41, 5.74) is 21.8. The Morgan fingerprint density at radius 3 is 1.45 bits per heavy atom. The predicted molar refractivity (Wildman–Crippen MR) is 223 cm³/mol. The second-order valence-corrected chi connectivity index (χ2v) is 15.3. The Morgan fingerprint density at radius 1 is 0.508 bits per heavy atom. The highest BCUT2D eigenvalue weighted by molar-refractivity contribution is 5.99. The highest BCUT2D eigenvalue weighted by Crippen LogP contribution is 2.08. The lowest BCUT2D eigenvalue weighted by Crippen LogP contribution is -2.62. The van der Waals surface area contributed by atoms with Crippen LogP contribution in [0, 0.1) is 5.92 Å². The molecule has 0 heterocycles. The molecule has 0 aromatic carbocycles. The molecule has 0 aliphatic carbocycles. The SMILES string of the molecule is CC(C)[C@H](NC(=O)[C@H](CC(=O)O)NC(=O)[C@H](CCC(N)=O)NC(=O)[C@H](CO)NC(=O)[C@H](C)NC(=O)[C@@H](N)CCCCN)C(=O)N[C@@H](CC(N)=O)C(=O)N[C@H](C(=O)N[C@@H](C)C(=O)O)[C@@H](C)O. The zero-order chi connectivity index (χ0) is 50.3. The van der Waals surface area contributed by atoms with Crippen LogP contribution in [0.4, 0.5) is 0 Å². The number of aliphatic carboxylic acids is 2. The molecule has 0 rings (SSSR count). The van der Waals surface area contributed by atoms with Crippen molar-refractivity contribution in [3.8, 4) is 0 Å². The molecule has 10 amide bonds. The molecule has 0 radical (unpaired) electrons. The molecule has 0 unspecified atom stereocenters. The number of primary amides is 2. The molecule has 0 saturated heterocycles. The Labute approximate surface area is 373 Å². The van der Waals surface area contributed by atoms with E-state index >= 15 is 0 Å². The van der Waals surface area contributed by atoms with Crippen LogP contribution >= 0.6 is 0 Å². The lowest BCUT2D eigenvalue weighted by Gasteiger charge is -2.28. The number of nitrogens with two attached hydrogens (primary N) is 4. The van der Waals surface area contributed by atoms with Gasteiger partial charge in [0, 0.05) is 6.42 Å². The summed E-state index contributed by atoms with van der Waals surface area (Å²) in [6.45, 7) is 5.57. The molecule has 28 nitrogen and oxygen atoms in total. The van der Waals surface area contributed by atoms with E-state index in [1.165, 1.54) is 20.8 Å². The van der Waals surface area contributed by atoms with Crippen molar-refractivity contribution in [2.75, 3.05) is 13.2 Å². The van der Waals surface area contributed by atoms with Gasteiger partial charge in [0.05, 0.1) is 31.6 Å². The van der Waals surface area contributed by atoms with Crippen LogP contribution in [-0.2, 0) is 57.5 Å². The van der Waals surface area contributed by atoms with Gasteiger partial charge < -0.3 is 85.9 Å². The number of aliphatic hydroxyl groups excluding tert-OH is 2. The van der Waals surface area contributed by atoms with E-state index in [4.69, 9.17) is 28.0 Å². The van der Waals surface area contributed by atoms with Crippen LogP contribution in [0.25, 0.3) is 0 Å². The van der Waals surface area contributed by atoms with E-state index in [9.17, 15) is 72.9 Å². The zero-order valence-electron chi connectivity index (χ0n) is 36.7. The number of rotatable bonds is 31. The maximum atomic E-state index is 13.6. The Balaban J connectivity index is 6.27. The van der Waals surface area contributed by atoms with Gasteiger partial charge in [-0.25, -0.2) is 0 Å². The number of carboxylic acid groups (broad SMARTS) is 2. The van der Waals surface area contributed by atoms with Gasteiger partial charge in [0.25, 0.3) is 0 Å². The number of amides is 10. The summed E-state index contributed by atoms with van der Waals surface area (Å²) in [6.07, 6.45) is -3.35. The molecule has 20 N–H and O–H groups in total. The number of carboxylic acids is 2. The van der Waals surface area contributed by atoms with Crippen LogP contribution in [0.5, 0.6) is 0 Å². The summed E-state index contributed by atoms with van der Waals surface area (Å²) < 4.78 is 0. The number of aliphatic hydroxyl groups is 2. The quantitative estimate of drug-likeness (QED) is 0.0287. The zero-order valence-corrected chi connectivity index (χ0v) is 36.7. The molecule has 0 aromatic rings. The minimum atomic E-state index is -2.01. The third kappa shape index (κ3) is 22.1. The fraction of sp³-hybridized carbons (Fsp3) is 0.676. The van der Waals surface area contributed by atoms with E-state index in [2.05, 4.69) is 37.2 Å². The van der Waals surface area contributed by atoms with E-state index in [1.807, 2.05) is 5.32 Å². The number of carbonyl (C=O) groups is 12. The van der Waals surface area contributed by atoms with Gasteiger partial charge in [-0.15, -0.1) is 0 Å². The van der Waals surface area contributed by atoms with Crippen molar-refractivity contribution in [3.63, 3.8) is 0 Å². The first kappa shape index (κ1) is 58.5. The van der Waals surface area contributed by atoms with Crippen molar-refractivity contribution >= 4 is 71.0 Å². The summed E-state index contributed by atoms with van der Waals surface area (Å²) in [7, 11) is 0. The first-order chi connectivity index (χ1) is 30.2. The lowest BCUT2D eigenvalue weighted by molar-refractivity contribution is -0.143. The van der Waals surface area contributed by atoms with Gasteiger partial charge in [-0.3, -0.25) is 57.5 Å². The fourth-order valence-corrected chi connectivity index (χ4v) is 5.49. The average molecular weight is 933 g/mol. The molecule has 0 aromatic heterocycles. The Hall–Kier alpha value is -6.52. The van der Waals surface area contributed by atoms with E-state index in [-0.39, 0.29) is 6.42 Å². The van der Waals surface area contributed by atoms with E-state index < -0.39 is 170 Å². The Morgan fingerprint density at radius 2 is 0.969 bits per heavy atom. The smallest absolute Gasteiger partial charge is 0.325 e. The fourth-order valence-electron chi connectivity index (χ4n) is 5.49. The van der Waals surface area contributed by atoms with Gasteiger partial charge in [0.15, 0.2) is 0 Å². The average Bonchev–Trinajstić information content (AvgIpc) is 3.20. The van der Waals surface area contributed by atoms with Crippen LogP contribution in [0.3, 0.4) is 0 Å². The highest BCUT2D eigenvalue weighted by atomic mass is 16.4. The largest absolute Gasteiger partial charge is 0.481 e. The molecule has 28 heteroatoms. The van der Waals surface area contributed by atoms with Gasteiger partial charge in [-0.2, -0.15) is 0 Å². The van der Waals surface area contributed by atoms with Crippen LogP contribution in [0.1, 0.15) is 79.6 Å². The number of unbranched alkanes of at least 4 members (excludes halogenated alkanes) is 1. The molecule has 65 heavy (non-hydrogen) atoms. The molecule has 0 aliphatic rings. The van der Waals surface area contributed by atoms with Crippen LogP contribution in [0.2, 0.25) is 0 Å². The predicted octanol–water partition coefficient (Wildman–Crippen LogP) is -7.91. The molecule has 0 spiro atoms. The monoisotopic (exact) mass is 932 g/mol. The van der Waals surface area contributed by atoms with Crippen LogP contribution in [0.15, 0.2) is 0 Å². The molecule has 0 saturated carbocycles. The maximum absolute atomic E-state index is 13.6. The molecular weight excluding hydrogens is 868 g/mol. The molecule has 0 bridgehead atoms. The van der Waals surface area contributed by atoms with E-state index in [0.717, 1.165) is 13.8 Å².